The number of nitrogens with one attached hydrogen (secondary N) is 1. The number of para-hydroxylation sites is 2. The molecule has 2 N–H and O–H groups in total. The van der Waals surface area contributed by atoms with Crippen LogP contribution in [0.25, 0.3) is 0 Å². The predicted octanol–water partition coefficient (Wildman–Crippen LogP) is 0.713. The molecule has 0 spiro atoms. The zero-order valence-electron chi connectivity index (χ0n) is 10.3. The van der Waals surface area contributed by atoms with Crippen LogP contribution in [0.5, 0.6) is 11.5 Å². The summed E-state index contributed by atoms with van der Waals surface area (Å²) < 4.78 is 11.0. The number of aliphatic hydroxyl groups excluding tert-OH is 1. The van der Waals surface area contributed by atoms with Gasteiger partial charge >= 0.3 is 0 Å². The van der Waals surface area contributed by atoms with Crippen LogP contribution >= 0.6 is 0 Å². The van der Waals surface area contributed by atoms with Crippen molar-refractivity contribution in [3.63, 3.8) is 0 Å². The number of fused-ring (bicyclic) bond motifs is 1. The van der Waals surface area contributed by atoms with Crippen LogP contribution in [0.1, 0.15) is 13.3 Å². The molecule has 0 saturated carbocycles. The molecule has 2 atom stereocenters. The quantitative estimate of drug-likeness (QED) is 0.827. The maximum atomic E-state index is 11.9. The van der Waals surface area contributed by atoms with E-state index in [0.29, 0.717) is 17.9 Å². The van der Waals surface area contributed by atoms with E-state index in [0.717, 1.165) is 0 Å². The Balaban J connectivity index is 1.94. The van der Waals surface area contributed by atoms with Gasteiger partial charge in [0.1, 0.15) is 6.61 Å². The number of carbonyl (C=O) groups excluding carboxylic acids is 1. The number of aliphatic hydroxyl groups is 1. The first-order valence-electron chi connectivity index (χ1n) is 6.00. The van der Waals surface area contributed by atoms with E-state index in [1.165, 1.54) is 0 Å². The summed E-state index contributed by atoms with van der Waals surface area (Å²) in [6.07, 6.45) is -0.114. The Morgan fingerprint density at radius 1 is 1.50 bits per heavy atom. The fourth-order valence-electron chi connectivity index (χ4n) is 1.75. The number of hydrogen-bond donors (Lipinski definition) is 2. The van der Waals surface area contributed by atoms with Gasteiger partial charge in [-0.15, -0.1) is 0 Å². The lowest BCUT2D eigenvalue weighted by Gasteiger charge is -2.26. The van der Waals surface area contributed by atoms with E-state index in [-0.39, 0.29) is 25.2 Å². The molecule has 0 saturated heterocycles. The van der Waals surface area contributed by atoms with Gasteiger partial charge in [-0.1, -0.05) is 12.1 Å². The van der Waals surface area contributed by atoms with Crippen molar-refractivity contribution in [1.82, 2.24) is 5.32 Å². The number of hydrogen-bond acceptors (Lipinski definition) is 4. The zero-order chi connectivity index (χ0) is 13.0. The molecule has 18 heavy (non-hydrogen) atoms. The Labute approximate surface area is 106 Å². The summed E-state index contributed by atoms with van der Waals surface area (Å²) in [5.74, 6) is 1.02. The van der Waals surface area contributed by atoms with E-state index in [1.807, 2.05) is 19.1 Å². The van der Waals surface area contributed by atoms with Crippen LogP contribution < -0.4 is 14.8 Å². The van der Waals surface area contributed by atoms with Crippen molar-refractivity contribution in [2.45, 2.75) is 25.5 Å². The van der Waals surface area contributed by atoms with Gasteiger partial charge in [0.05, 0.1) is 0 Å². The third-order valence-corrected chi connectivity index (χ3v) is 2.75. The van der Waals surface area contributed by atoms with Crippen molar-refractivity contribution in [2.24, 2.45) is 0 Å². The average molecular weight is 251 g/mol. The number of carbonyl (C=O) groups is 1. The molecule has 98 valence electrons. The molecule has 2 rings (SSSR count). The normalized spacial score (nSPS) is 19.1. The zero-order valence-corrected chi connectivity index (χ0v) is 10.3. The first-order chi connectivity index (χ1) is 8.70. The lowest BCUT2D eigenvalue weighted by molar-refractivity contribution is -0.131. The second-order valence-electron chi connectivity index (χ2n) is 4.29. The molecule has 0 fully saturated rings. The summed E-state index contributed by atoms with van der Waals surface area (Å²) in [4.78, 5) is 11.9. The maximum Gasteiger partial charge on any atom is 0.264 e. The summed E-state index contributed by atoms with van der Waals surface area (Å²) in [6, 6.07) is 7.18. The average Bonchev–Trinajstić information content (AvgIpc) is 2.38. The van der Waals surface area contributed by atoms with Gasteiger partial charge < -0.3 is 19.9 Å². The standard InChI is InChI=1S/C13H17NO4/c1-9(6-7-15)14-13(16)12-8-17-10-4-2-3-5-11(10)18-12/h2-5,9,12,15H,6-8H2,1H3,(H,14,16)/t9-,12-/m0/s1. The molecule has 1 aliphatic heterocycles. The summed E-state index contributed by atoms with van der Waals surface area (Å²) in [5.41, 5.74) is 0. The first-order valence-corrected chi connectivity index (χ1v) is 6.00. The minimum absolute atomic E-state index is 0.0479. The summed E-state index contributed by atoms with van der Waals surface area (Å²) in [7, 11) is 0. The number of rotatable bonds is 4. The van der Waals surface area contributed by atoms with E-state index in [9.17, 15) is 4.79 Å². The van der Waals surface area contributed by atoms with Crippen molar-refractivity contribution in [3.05, 3.63) is 24.3 Å². The third-order valence-electron chi connectivity index (χ3n) is 2.75. The van der Waals surface area contributed by atoms with E-state index < -0.39 is 6.10 Å². The topological polar surface area (TPSA) is 67.8 Å². The monoisotopic (exact) mass is 251 g/mol. The van der Waals surface area contributed by atoms with Gasteiger partial charge in [-0.3, -0.25) is 4.79 Å². The highest BCUT2D eigenvalue weighted by atomic mass is 16.6. The van der Waals surface area contributed by atoms with Crippen molar-refractivity contribution in [3.8, 4) is 11.5 Å². The molecule has 0 unspecified atom stereocenters. The molecule has 1 aromatic rings. The molecule has 1 aromatic carbocycles. The SMILES string of the molecule is C[C@@H](CCO)NC(=O)[C@@H]1COc2ccccc2O1. The molecular formula is C13H17NO4. The molecule has 5 heteroatoms. The van der Waals surface area contributed by atoms with Crippen LogP contribution in [0.3, 0.4) is 0 Å². The molecule has 1 amide bonds. The van der Waals surface area contributed by atoms with Gasteiger partial charge in [0.15, 0.2) is 11.5 Å². The number of benzene rings is 1. The third kappa shape index (κ3) is 2.92. The minimum Gasteiger partial charge on any atom is -0.485 e. The second-order valence-corrected chi connectivity index (χ2v) is 4.29. The van der Waals surface area contributed by atoms with Crippen LogP contribution in [-0.2, 0) is 4.79 Å². The Hall–Kier alpha value is -1.75. The van der Waals surface area contributed by atoms with Gasteiger partial charge in [0, 0.05) is 12.6 Å². The van der Waals surface area contributed by atoms with Crippen LogP contribution in [-0.4, -0.2) is 36.4 Å². The highest BCUT2D eigenvalue weighted by Gasteiger charge is 2.27. The molecule has 0 aliphatic carbocycles. The van der Waals surface area contributed by atoms with Crippen molar-refractivity contribution in [1.29, 1.82) is 0 Å². The lowest BCUT2D eigenvalue weighted by atomic mass is 10.2. The molecule has 5 nitrogen and oxygen atoms in total. The van der Waals surface area contributed by atoms with E-state index in [2.05, 4.69) is 5.32 Å². The van der Waals surface area contributed by atoms with E-state index >= 15 is 0 Å². The Morgan fingerprint density at radius 2 is 2.22 bits per heavy atom. The molecular weight excluding hydrogens is 234 g/mol. The predicted molar refractivity (Wildman–Crippen MR) is 65.7 cm³/mol. The van der Waals surface area contributed by atoms with Gasteiger partial charge in [-0.05, 0) is 25.5 Å². The fourth-order valence-corrected chi connectivity index (χ4v) is 1.75. The van der Waals surface area contributed by atoms with Gasteiger partial charge in [0.25, 0.3) is 5.91 Å². The van der Waals surface area contributed by atoms with E-state index in [1.54, 1.807) is 12.1 Å². The highest BCUT2D eigenvalue weighted by molar-refractivity contribution is 5.82. The Morgan fingerprint density at radius 3 is 2.94 bits per heavy atom. The highest BCUT2D eigenvalue weighted by Crippen LogP contribution is 2.30. The summed E-state index contributed by atoms with van der Waals surface area (Å²) in [5, 5.41) is 11.6. The fraction of sp³-hybridized carbons (Fsp3) is 0.462. The Bertz CT molecular complexity index is 421. The number of ether oxygens (including phenoxy) is 2. The summed E-state index contributed by atoms with van der Waals surface area (Å²) >= 11 is 0. The molecule has 1 aliphatic rings. The maximum absolute atomic E-state index is 11.9. The van der Waals surface area contributed by atoms with Gasteiger partial charge in [-0.25, -0.2) is 0 Å². The van der Waals surface area contributed by atoms with Gasteiger partial charge in [-0.2, -0.15) is 0 Å². The summed E-state index contributed by atoms with van der Waals surface area (Å²) in [6.45, 7) is 2.09. The second kappa shape index (κ2) is 5.73. The van der Waals surface area contributed by atoms with E-state index in [4.69, 9.17) is 14.6 Å². The van der Waals surface area contributed by atoms with Crippen LogP contribution in [0, 0.1) is 0 Å². The number of amides is 1. The van der Waals surface area contributed by atoms with Crippen molar-refractivity contribution >= 4 is 5.91 Å². The van der Waals surface area contributed by atoms with Crippen LogP contribution in [0.15, 0.2) is 24.3 Å². The van der Waals surface area contributed by atoms with Crippen molar-refractivity contribution in [2.75, 3.05) is 13.2 Å². The first kappa shape index (κ1) is 12.7. The van der Waals surface area contributed by atoms with Crippen molar-refractivity contribution < 1.29 is 19.4 Å². The molecule has 0 radical (unpaired) electrons. The minimum atomic E-state index is -0.638. The smallest absolute Gasteiger partial charge is 0.264 e. The lowest BCUT2D eigenvalue weighted by Crippen LogP contribution is -2.47. The van der Waals surface area contributed by atoms with Crippen LogP contribution in [0.4, 0.5) is 0 Å². The molecule has 1 heterocycles. The Kier molecular flexibility index (Phi) is 4.04. The van der Waals surface area contributed by atoms with Gasteiger partial charge in [0.2, 0.25) is 6.10 Å². The van der Waals surface area contributed by atoms with Crippen LogP contribution in [0.2, 0.25) is 0 Å². The molecule has 0 aromatic heterocycles. The largest absolute Gasteiger partial charge is 0.485 e. The molecule has 0 bridgehead atoms.